The van der Waals surface area contributed by atoms with Gasteiger partial charge in [-0.05, 0) is 49.2 Å². The normalized spacial score (nSPS) is 11.6. The number of nitrogens with one attached hydrogen (secondary N) is 1. The first kappa shape index (κ1) is 24.9. The van der Waals surface area contributed by atoms with Crippen molar-refractivity contribution in [2.24, 2.45) is 0 Å². The van der Waals surface area contributed by atoms with Gasteiger partial charge in [0.1, 0.15) is 17.2 Å². The van der Waals surface area contributed by atoms with Gasteiger partial charge in [0.15, 0.2) is 0 Å². The first-order valence-electron chi connectivity index (χ1n) is 12.3. The minimum absolute atomic E-state index is 0.0620. The Balaban J connectivity index is 1.49. The zero-order valence-electron chi connectivity index (χ0n) is 21.2. The lowest BCUT2D eigenvalue weighted by molar-refractivity contribution is 0.0940. The molecular formula is C30H21N7O2S. The van der Waals surface area contributed by atoms with Crippen LogP contribution in [-0.2, 0) is 0 Å². The van der Waals surface area contributed by atoms with Gasteiger partial charge < -0.3 is 11.1 Å². The molecular weight excluding hydrogens is 522 g/mol. The third-order valence-corrected chi connectivity index (χ3v) is 7.02. The highest BCUT2D eigenvalue weighted by atomic mass is 32.1. The van der Waals surface area contributed by atoms with Gasteiger partial charge in [-0.3, -0.25) is 24.1 Å². The van der Waals surface area contributed by atoms with Crippen molar-refractivity contribution >= 4 is 44.9 Å². The molecule has 40 heavy (non-hydrogen) atoms. The second-order valence-corrected chi connectivity index (χ2v) is 9.80. The fourth-order valence-electron chi connectivity index (χ4n) is 4.49. The predicted molar refractivity (Wildman–Crippen MR) is 155 cm³/mol. The number of thiazole rings is 1. The Morgan fingerprint density at radius 2 is 1.88 bits per heavy atom. The molecule has 3 N–H and O–H groups in total. The van der Waals surface area contributed by atoms with E-state index < -0.39 is 11.9 Å². The van der Waals surface area contributed by atoms with Gasteiger partial charge in [0.25, 0.3) is 11.5 Å². The molecule has 9 nitrogen and oxygen atoms in total. The molecule has 0 aliphatic carbocycles. The molecule has 0 aliphatic rings. The number of hydrogen-bond donors (Lipinski definition) is 2. The van der Waals surface area contributed by atoms with E-state index >= 15 is 0 Å². The minimum Gasteiger partial charge on any atom is -0.383 e. The number of hydrogen-bond acceptors (Lipinski definition) is 8. The van der Waals surface area contributed by atoms with Crippen molar-refractivity contribution in [3.63, 3.8) is 0 Å². The number of pyridine rings is 2. The number of aromatic nitrogens is 5. The molecule has 4 heterocycles. The average molecular weight is 544 g/mol. The van der Waals surface area contributed by atoms with Crippen LogP contribution in [0.4, 0.5) is 5.82 Å². The zero-order chi connectivity index (χ0) is 27.6. The van der Waals surface area contributed by atoms with Crippen molar-refractivity contribution < 1.29 is 4.79 Å². The van der Waals surface area contributed by atoms with Crippen LogP contribution in [0.3, 0.4) is 0 Å². The van der Waals surface area contributed by atoms with Crippen molar-refractivity contribution in [2.45, 2.75) is 13.0 Å². The summed E-state index contributed by atoms with van der Waals surface area (Å²) in [5.74, 6) is 6.12. The number of nitrogens with zero attached hydrogens (tertiary/aromatic N) is 5. The lowest BCUT2D eigenvalue weighted by atomic mass is 10.1. The molecule has 0 aliphatic heterocycles. The molecule has 0 saturated carbocycles. The molecule has 1 atom stereocenters. The van der Waals surface area contributed by atoms with Crippen LogP contribution in [0.5, 0.6) is 0 Å². The summed E-state index contributed by atoms with van der Waals surface area (Å²) in [5, 5.41) is 4.02. The van der Waals surface area contributed by atoms with Gasteiger partial charge in [-0.1, -0.05) is 30.2 Å². The van der Waals surface area contributed by atoms with Gasteiger partial charge >= 0.3 is 0 Å². The van der Waals surface area contributed by atoms with Crippen molar-refractivity contribution in [1.29, 1.82) is 0 Å². The number of fused-ring (bicyclic) bond motifs is 2. The lowest BCUT2D eigenvalue weighted by Crippen LogP contribution is -2.34. The van der Waals surface area contributed by atoms with Crippen LogP contribution >= 0.6 is 11.3 Å². The van der Waals surface area contributed by atoms with E-state index in [2.05, 4.69) is 32.1 Å². The van der Waals surface area contributed by atoms with Crippen molar-refractivity contribution in [1.82, 2.24) is 29.8 Å². The smallest absolute Gasteiger partial charge is 0.267 e. The van der Waals surface area contributed by atoms with Crippen molar-refractivity contribution in [3.05, 3.63) is 117 Å². The molecule has 0 saturated heterocycles. The molecule has 194 valence electrons. The molecule has 0 bridgehead atoms. The number of anilines is 1. The van der Waals surface area contributed by atoms with Crippen molar-refractivity contribution in [3.8, 4) is 17.5 Å². The fourth-order valence-corrected chi connectivity index (χ4v) is 4.95. The van der Waals surface area contributed by atoms with Gasteiger partial charge in [0.05, 0.1) is 44.7 Å². The number of para-hydroxylation sites is 1. The second kappa shape index (κ2) is 10.4. The van der Waals surface area contributed by atoms with E-state index in [1.807, 2.05) is 36.4 Å². The monoisotopic (exact) mass is 543 g/mol. The highest BCUT2D eigenvalue weighted by Crippen LogP contribution is 2.23. The third kappa shape index (κ3) is 4.55. The number of amides is 1. The van der Waals surface area contributed by atoms with Gasteiger partial charge in [-0.2, -0.15) is 0 Å². The quantitative estimate of drug-likeness (QED) is 0.318. The minimum atomic E-state index is -0.685. The number of nitrogen functional groups attached to an aromatic ring is 1. The molecule has 6 aromatic rings. The molecule has 10 heteroatoms. The summed E-state index contributed by atoms with van der Waals surface area (Å²) in [6.45, 7) is 1.76. The Morgan fingerprint density at radius 3 is 2.67 bits per heavy atom. The molecule has 0 radical (unpaired) electrons. The summed E-state index contributed by atoms with van der Waals surface area (Å²) in [4.78, 5) is 45.8. The van der Waals surface area contributed by atoms with Crippen LogP contribution in [-0.4, -0.2) is 30.4 Å². The van der Waals surface area contributed by atoms with E-state index in [1.165, 1.54) is 15.9 Å². The van der Waals surface area contributed by atoms with E-state index in [1.54, 1.807) is 55.3 Å². The first-order chi connectivity index (χ1) is 19.5. The maximum atomic E-state index is 14.1. The van der Waals surface area contributed by atoms with Crippen LogP contribution in [0.25, 0.3) is 27.5 Å². The van der Waals surface area contributed by atoms with E-state index in [-0.39, 0.29) is 16.9 Å². The predicted octanol–water partition coefficient (Wildman–Crippen LogP) is 4.26. The maximum Gasteiger partial charge on any atom is 0.267 e. The standard InChI is InChI=1S/C30H21N7O2S/c1-18(35-29(38)25-26-20(8-6-14-33-26)15-34-27(25)31)28-36-23-11-5-7-19(12-13-22-16-32-17-40-22)24(23)30(39)37(28)21-9-3-2-4-10-21/h2-11,14-18H,1H3,(H2,31,34)(H,35,38). The first-order valence-corrected chi connectivity index (χ1v) is 13.2. The number of rotatable bonds is 4. The fraction of sp³-hybridized carbons (Fsp3) is 0.0667. The maximum absolute atomic E-state index is 14.1. The van der Waals surface area contributed by atoms with Gasteiger partial charge in [-0.25, -0.2) is 9.97 Å². The molecule has 0 fully saturated rings. The Bertz CT molecular complexity index is 2010. The van der Waals surface area contributed by atoms with Crippen LogP contribution in [0.15, 0.2) is 89.6 Å². The number of benzene rings is 2. The van der Waals surface area contributed by atoms with E-state index in [0.29, 0.717) is 38.9 Å². The van der Waals surface area contributed by atoms with Gasteiger partial charge in [0.2, 0.25) is 0 Å². The molecule has 2 aromatic carbocycles. The highest BCUT2D eigenvalue weighted by Gasteiger charge is 2.23. The Morgan fingerprint density at radius 1 is 1.02 bits per heavy atom. The number of nitrogens with two attached hydrogens (primary N) is 1. The molecule has 0 spiro atoms. The van der Waals surface area contributed by atoms with Crippen LogP contribution in [0, 0.1) is 11.8 Å². The molecule has 1 amide bonds. The summed E-state index contributed by atoms with van der Waals surface area (Å²) < 4.78 is 1.51. The molecule has 4 aromatic heterocycles. The average Bonchev–Trinajstić information content (AvgIpc) is 3.50. The van der Waals surface area contributed by atoms with E-state index in [9.17, 15) is 9.59 Å². The van der Waals surface area contributed by atoms with E-state index in [0.717, 1.165) is 4.88 Å². The SMILES string of the molecule is CC(NC(=O)c1c(N)ncc2cccnc12)c1nc2cccc(C#Cc3cncs3)c2c(=O)n1-c1ccccc1. The lowest BCUT2D eigenvalue weighted by Gasteiger charge is -2.20. The van der Waals surface area contributed by atoms with Crippen molar-refractivity contribution in [2.75, 3.05) is 5.73 Å². The highest BCUT2D eigenvalue weighted by molar-refractivity contribution is 7.10. The largest absolute Gasteiger partial charge is 0.383 e. The number of carbonyl (C=O) groups is 1. The van der Waals surface area contributed by atoms with Crippen LogP contribution < -0.4 is 16.6 Å². The topological polar surface area (TPSA) is 129 Å². The van der Waals surface area contributed by atoms with E-state index in [4.69, 9.17) is 10.7 Å². The summed E-state index contributed by atoms with van der Waals surface area (Å²) >= 11 is 1.42. The summed E-state index contributed by atoms with van der Waals surface area (Å²) in [5.41, 5.74) is 9.75. The molecule has 6 rings (SSSR count). The van der Waals surface area contributed by atoms with Gasteiger partial charge in [0, 0.05) is 23.3 Å². The second-order valence-electron chi connectivity index (χ2n) is 8.92. The number of carbonyl (C=O) groups excluding carboxylic acids is 1. The summed E-state index contributed by atoms with van der Waals surface area (Å²) in [7, 11) is 0. The Kier molecular flexibility index (Phi) is 6.48. The summed E-state index contributed by atoms with van der Waals surface area (Å²) in [6.07, 6.45) is 4.85. The molecule has 1 unspecified atom stereocenters. The summed E-state index contributed by atoms with van der Waals surface area (Å²) in [6, 6.07) is 17.4. The van der Waals surface area contributed by atoms with Crippen LogP contribution in [0.2, 0.25) is 0 Å². The Hall–Kier alpha value is -5.40. The van der Waals surface area contributed by atoms with Crippen LogP contribution in [0.1, 0.15) is 39.6 Å². The zero-order valence-corrected chi connectivity index (χ0v) is 22.0. The third-order valence-electron chi connectivity index (χ3n) is 6.33. The van der Waals surface area contributed by atoms with Gasteiger partial charge in [-0.15, -0.1) is 11.3 Å². The Labute approximate surface area is 232 Å².